The maximum atomic E-state index is 12.5. The summed E-state index contributed by atoms with van der Waals surface area (Å²) < 4.78 is 11.4. The van der Waals surface area contributed by atoms with E-state index < -0.39 is 0 Å². The van der Waals surface area contributed by atoms with Crippen LogP contribution in [0.4, 0.5) is 0 Å². The minimum atomic E-state index is -0.372. The smallest absolute Gasteiger partial charge is 0.344 e. The number of carbonyl (C=O) groups excluding carboxylic acids is 2. The van der Waals surface area contributed by atoms with Gasteiger partial charge in [0.05, 0.1) is 5.92 Å². The van der Waals surface area contributed by atoms with Gasteiger partial charge in [-0.05, 0) is 55.8 Å². The Morgan fingerprint density at radius 3 is 2.16 bits per heavy atom. The molecule has 3 unspecified atom stereocenters. The molecule has 0 aromatic carbocycles. The normalized spacial score (nSPS) is 40.2. The molecule has 4 nitrogen and oxygen atoms in total. The van der Waals surface area contributed by atoms with Gasteiger partial charge < -0.3 is 9.47 Å². The lowest BCUT2D eigenvalue weighted by molar-refractivity contribution is -0.240. The largest absolute Gasteiger partial charge is 0.456 e. The van der Waals surface area contributed by atoms with Crippen molar-refractivity contribution in [1.82, 2.24) is 0 Å². The van der Waals surface area contributed by atoms with Crippen LogP contribution in [0.5, 0.6) is 0 Å². The summed E-state index contributed by atoms with van der Waals surface area (Å²) >= 11 is 0. The van der Waals surface area contributed by atoms with E-state index in [1.54, 1.807) is 0 Å². The van der Waals surface area contributed by atoms with Gasteiger partial charge in [0.1, 0.15) is 5.60 Å². The summed E-state index contributed by atoms with van der Waals surface area (Å²) in [7, 11) is 0. The van der Waals surface area contributed by atoms with E-state index >= 15 is 0 Å². The third-order valence-corrected chi connectivity index (χ3v) is 7.31. The van der Waals surface area contributed by atoms with E-state index in [4.69, 9.17) is 9.47 Å². The van der Waals surface area contributed by atoms with Gasteiger partial charge in [0.15, 0.2) is 6.61 Å². The highest BCUT2D eigenvalue weighted by Gasteiger charge is 2.63. The second-order valence-corrected chi connectivity index (χ2v) is 9.55. The molecule has 0 spiro atoms. The third-order valence-electron chi connectivity index (χ3n) is 7.31. The van der Waals surface area contributed by atoms with Gasteiger partial charge in [-0.1, -0.05) is 34.6 Å². The Kier molecular flexibility index (Phi) is 4.93. The molecule has 0 aliphatic heterocycles. The van der Waals surface area contributed by atoms with Crippen molar-refractivity contribution >= 4 is 11.9 Å². The fraction of sp³-hybridized carbons (Fsp3) is 0.905. The molecule has 4 aliphatic carbocycles. The van der Waals surface area contributed by atoms with Gasteiger partial charge in [-0.25, -0.2) is 4.79 Å². The molecule has 25 heavy (non-hydrogen) atoms. The zero-order chi connectivity index (χ0) is 18.4. The molecule has 0 saturated heterocycles. The molecule has 0 heterocycles. The molecule has 0 N–H and O–H groups in total. The quantitative estimate of drug-likeness (QED) is 0.668. The second-order valence-electron chi connectivity index (χ2n) is 9.55. The molecule has 4 fully saturated rings. The molecule has 0 amide bonds. The minimum absolute atomic E-state index is 0.173. The van der Waals surface area contributed by atoms with Crippen molar-refractivity contribution in [2.24, 2.45) is 35.0 Å². The van der Waals surface area contributed by atoms with Crippen molar-refractivity contribution in [3.05, 3.63) is 0 Å². The maximum absolute atomic E-state index is 12.5. The topological polar surface area (TPSA) is 52.6 Å². The Morgan fingerprint density at radius 1 is 1.08 bits per heavy atom. The van der Waals surface area contributed by atoms with Gasteiger partial charge in [-0.3, -0.25) is 4.79 Å². The van der Waals surface area contributed by atoms with E-state index in [1.165, 1.54) is 19.3 Å². The van der Waals surface area contributed by atoms with Gasteiger partial charge in [-0.15, -0.1) is 0 Å². The molecule has 4 bridgehead atoms. The first-order valence-corrected chi connectivity index (χ1v) is 10.1. The van der Waals surface area contributed by atoms with Gasteiger partial charge in [0.2, 0.25) is 0 Å². The Hall–Kier alpha value is -1.06. The Morgan fingerprint density at radius 2 is 1.68 bits per heavy atom. The van der Waals surface area contributed by atoms with E-state index in [-0.39, 0.29) is 30.1 Å². The van der Waals surface area contributed by atoms with Crippen LogP contribution in [0.15, 0.2) is 0 Å². The molecular weight excluding hydrogens is 316 g/mol. The molecule has 3 atom stereocenters. The van der Waals surface area contributed by atoms with Crippen molar-refractivity contribution in [1.29, 1.82) is 0 Å². The SMILES string of the molecule is CCC(C)C(=O)OCC(=O)OC1(C(C)C)C2CC3CC1CC(C)(C3)C2. The monoisotopic (exact) mass is 350 g/mol. The van der Waals surface area contributed by atoms with Crippen LogP contribution in [0.3, 0.4) is 0 Å². The first-order valence-electron chi connectivity index (χ1n) is 10.1. The number of hydrogen-bond acceptors (Lipinski definition) is 4. The lowest BCUT2D eigenvalue weighted by atomic mass is 9.43. The maximum Gasteiger partial charge on any atom is 0.344 e. The Bertz CT molecular complexity index is 522. The standard InChI is InChI=1S/C21H34O4/c1-6-14(4)19(23)24-12-18(22)25-21(13(2)3)16-7-15-8-17(21)11-20(5,9-15)10-16/h13-17H,6-12H2,1-5H3. The van der Waals surface area contributed by atoms with E-state index in [1.807, 2.05) is 13.8 Å². The summed E-state index contributed by atoms with van der Waals surface area (Å²) in [6.07, 6.45) is 6.76. The predicted octanol–water partition coefficient (Wildman–Crippen LogP) is 4.36. The Balaban J connectivity index is 1.70. The summed E-state index contributed by atoms with van der Waals surface area (Å²) in [6.45, 7) is 10.3. The minimum Gasteiger partial charge on any atom is -0.456 e. The first-order chi connectivity index (χ1) is 11.7. The number of rotatable bonds is 6. The number of esters is 2. The van der Waals surface area contributed by atoms with Gasteiger partial charge in [0, 0.05) is 11.8 Å². The zero-order valence-electron chi connectivity index (χ0n) is 16.5. The van der Waals surface area contributed by atoms with Crippen molar-refractivity contribution < 1.29 is 19.1 Å². The van der Waals surface area contributed by atoms with Gasteiger partial charge in [-0.2, -0.15) is 0 Å². The van der Waals surface area contributed by atoms with Crippen LogP contribution in [-0.2, 0) is 19.1 Å². The molecule has 0 radical (unpaired) electrons. The van der Waals surface area contributed by atoms with E-state index in [9.17, 15) is 9.59 Å². The summed E-state index contributed by atoms with van der Waals surface area (Å²) in [5.74, 6) is 1.15. The molecular formula is C21H34O4. The van der Waals surface area contributed by atoms with Crippen LogP contribution >= 0.6 is 0 Å². The van der Waals surface area contributed by atoms with Crippen molar-refractivity contribution in [2.75, 3.05) is 6.61 Å². The number of carbonyl (C=O) groups is 2. The fourth-order valence-electron chi connectivity index (χ4n) is 6.28. The van der Waals surface area contributed by atoms with Gasteiger partial charge >= 0.3 is 11.9 Å². The van der Waals surface area contributed by atoms with Crippen LogP contribution in [-0.4, -0.2) is 24.1 Å². The van der Waals surface area contributed by atoms with Crippen molar-refractivity contribution in [3.63, 3.8) is 0 Å². The highest BCUT2D eigenvalue weighted by Crippen LogP contribution is 2.66. The summed E-state index contributed by atoms with van der Waals surface area (Å²) in [5.41, 5.74) is 0.0701. The van der Waals surface area contributed by atoms with Crippen LogP contribution < -0.4 is 0 Å². The lowest BCUT2D eigenvalue weighted by Gasteiger charge is -2.65. The van der Waals surface area contributed by atoms with Crippen molar-refractivity contribution in [2.45, 2.75) is 78.7 Å². The first kappa shape index (κ1) is 18.7. The summed E-state index contributed by atoms with van der Waals surface area (Å²) in [5, 5.41) is 0. The number of ether oxygens (including phenoxy) is 2. The Labute approximate surface area is 152 Å². The lowest BCUT2D eigenvalue weighted by Crippen LogP contribution is -2.64. The third kappa shape index (κ3) is 3.21. The molecule has 4 saturated carbocycles. The molecule has 4 rings (SSSR count). The summed E-state index contributed by atoms with van der Waals surface area (Å²) in [4.78, 5) is 24.4. The molecule has 142 valence electrons. The summed E-state index contributed by atoms with van der Waals surface area (Å²) in [6, 6.07) is 0. The molecule has 0 aromatic heterocycles. The highest BCUT2D eigenvalue weighted by molar-refractivity contribution is 5.77. The molecule has 4 aliphatic rings. The van der Waals surface area contributed by atoms with E-state index in [0.717, 1.165) is 18.8 Å². The van der Waals surface area contributed by atoms with Crippen LogP contribution in [0, 0.1) is 35.0 Å². The fourth-order valence-corrected chi connectivity index (χ4v) is 6.28. The van der Waals surface area contributed by atoms with Crippen molar-refractivity contribution in [3.8, 4) is 0 Å². The highest BCUT2D eigenvalue weighted by atomic mass is 16.6. The zero-order valence-corrected chi connectivity index (χ0v) is 16.5. The predicted molar refractivity (Wildman–Crippen MR) is 95.7 cm³/mol. The van der Waals surface area contributed by atoms with E-state index in [0.29, 0.717) is 29.6 Å². The molecule has 0 aromatic rings. The van der Waals surface area contributed by atoms with Crippen LogP contribution in [0.1, 0.15) is 73.1 Å². The van der Waals surface area contributed by atoms with E-state index in [2.05, 4.69) is 20.8 Å². The van der Waals surface area contributed by atoms with Crippen LogP contribution in [0.2, 0.25) is 0 Å². The molecule has 4 heteroatoms. The van der Waals surface area contributed by atoms with Gasteiger partial charge in [0.25, 0.3) is 0 Å². The number of hydrogen-bond donors (Lipinski definition) is 0. The van der Waals surface area contributed by atoms with Crippen LogP contribution in [0.25, 0.3) is 0 Å². The average molecular weight is 350 g/mol. The second kappa shape index (κ2) is 6.59. The average Bonchev–Trinajstić information content (AvgIpc) is 2.53.